The molecule has 0 N–H and O–H groups in total. The standard InChI is InChI=1S/C25H29NO6S/c1-25(2,3)16-24(27)26(18-21-9-7-15-31-21)17-19-8-5-6-10-23(19)32-33(28,29)22-13-11-20(30-4)12-14-22/h5-15H,16-18H2,1-4H3. The Morgan fingerprint density at radius 1 is 0.970 bits per heavy atom. The summed E-state index contributed by atoms with van der Waals surface area (Å²) in [4.78, 5) is 14.7. The zero-order chi connectivity index (χ0) is 24.1. The van der Waals surface area contributed by atoms with Crippen LogP contribution in [0.1, 0.15) is 38.5 Å². The van der Waals surface area contributed by atoms with E-state index in [1.165, 1.54) is 19.2 Å². The van der Waals surface area contributed by atoms with Crippen LogP contribution in [0.4, 0.5) is 0 Å². The summed E-state index contributed by atoms with van der Waals surface area (Å²) < 4.78 is 41.7. The van der Waals surface area contributed by atoms with E-state index < -0.39 is 10.1 Å². The van der Waals surface area contributed by atoms with Gasteiger partial charge in [-0.05, 0) is 47.9 Å². The molecular formula is C25H29NO6S. The first kappa shape index (κ1) is 24.4. The first-order valence-electron chi connectivity index (χ1n) is 10.5. The van der Waals surface area contributed by atoms with Crippen molar-refractivity contribution >= 4 is 16.0 Å². The number of hydrogen-bond donors (Lipinski definition) is 0. The number of nitrogens with zero attached hydrogens (tertiary/aromatic N) is 1. The molecule has 2 aromatic carbocycles. The summed E-state index contributed by atoms with van der Waals surface area (Å²) in [7, 11) is -2.57. The number of amides is 1. The summed E-state index contributed by atoms with van der Waals surface area (Å²) in [5, 5.41) is 0. The quantitative estimate of drug-likeness (QED) is 0.407. The Morgan fingerprint density at radius 3 is 2.27 bits per heavy atom. The van der Waals surface area contributed by atoms with Crippen LogP contribution >= 0.6 is 0 Å². The lowest BCUT2D eigenvalue weighted by Crippen LogP contribution is -2.33. The van der Waals surface area contributed by atoms with Crippen molar-refractivity contribution in [1.29, 1.82) is 0 Å². The van der Waals surface area contributed by atoms with Crippen LogP contribution in [0.5, 0.6) is 11.5 Å². The molecule has 7 nitrogen and oxygen atoms in total. The molecule has 0 atom stereocenters. The van der Waals surface area contributed by atoms with Gasteiger partial charge in [0, 0.05) is 18.5 Å². The summed E-state index contributed by atoms with van der Waals surface area (Å²) in [6.07, 6.45) is 1.89. The van der Waals surface area contributed by atoms with Gasteiger partial charge in [-0.25, -0.2) is 0 Å². The maximum atomic E-state index is 13.1. The Hall–Kier alpha value is -3.26. The van der Waals surface area contributed by atoms with Gasteiger partial charge in [0.2, 0.25) is 5.91 Å². The van der Waals surface area contributed by atoms with Crippen molar-refractivity contribution in [1.82, 2.24) is 4.90 Å². The fourth-order valence-electron chi connectivity index (χ4n) is 3.22. The summed E-state index contributed by atoms with van der Waals surface area (Å²) in [5.41, 5.74) is 0.370. The maximum absolute atomic E-state index is 13.1. The highest BCUT2D eigenvalue weighted by Gasteiger charge is 2.24. The zero-order valence-electron chi connectivity index (χ0n) is 19.3. The molecule has 176 valence electrons. The van der Waals surface area contributed by atoms with E-state index in [4.69, 9.17) is 13.3 Å². The normalized spacial score (nSPS) is 11.8. The van der Waals surface area contributed by atoms with Gasteiger partial charge in [0.1, 0.15) is 22.2 Å². The fraction of sp³-hybridized carbons (Fsp3) is 0.320. The number of carbonyl (C=O) groups is 1. The van der Waals surface area contributed by atoms with E-state index in [1.54, 1.807) is 59.7 Å². The highest BCUT2D eigenvalue weighted by molar-refractivity contribution is 7.87. The van der Waals surface area contributed by atoms with Crippen molar-refractivity contribution in [3.63, 3.8) is 0 Å². The molecule has 0 saturated carbocycles. The third-order valence-corrected chi connectivity index (χ3v) is 6.09. The lowest BCUT2D eigenvalue weighted by Gasteiger charge is -2.27. The van der Waals surface area contributed by atoms with Crippen LogP contribution in [0.15, 0.2) is 76.2 Å². The molecule has 0 fully saturated rings. The van der Waals surface area contributed by atoms with Crippen LogP contribution in [0, 0.1) is 5.41 Å². The van der Waals surface area contributed by atoms with Crippen molar-refractivity contribution in [2.75, 3.05) is 7.11 Å². The molecule has 33 heavy (non-hydrogen) atoms. The van der Waals surface area contributed by atoms with E-state index in [1.807, 2.05) is 20.8 Å². The third kappa shape index (κ3) is 6.86. The first-order chi connectivity index (χ1) is 15.6. The van der Waals surface area contributed by atoms with Gasteiger partial charge < -0.3 is 18.2 Å². The monoisotopic (exact) mass is 471 g/mol. The second-order valence-corrected chi connectivity index (χ2v) is 10.4. The van der Waals surface area contributed by atoms with E-state index in [0.29, 0.717) is 23.5 Å². The van der Waals surface area contributed by atoms with E-state index >= 15 is 0 Å². The van der Waals surface area contributed by atoms with Gasteiger partial charge in [-0.3, -0.25) is 4.79 Å². The van der Waals surface area contributed by atoms with Crippen molar-refractivity contribution in [2.45, 2.75) is 45.2 Å². The van der Waals surface area contributed by atoms with Crippen molar-refractivity contribution < 1.29 is 26.5 Å². The zero-order valence-corrected chi connectivity index (χ0v) is 20.1. The summed E-state index contributed by atoms with van der Waals surface area (Å²) in [6, 6.07) is 16.3. The van der Waals surface area contributed by atoms with Gasteiger partial charge in [-0.2, -0.15) is 8.42 Å². The van der Waals surface area contributed by atoms with Gasteiger partial charge in [0.05, 0.1) is 19.9 Å². The molecule has 0 bridgehead atoms. The molecule has 1 aromatic heterocycles. The number of hydrogen-bond acceptors (Lipinski definition) is 6. The molecule has 3 aromatic rings. The minimum absolute atomic E-state index is 0.00866. The topological polar surface area (TPSA) is 86.1 Å². The Kier molecular flexibility index (Phi) is 7.48. The number of carbonyl (C=O) groups excluding carboxylic acids is 1. The van der Waals surface area contributed by atoms with Gasteiger partial charge in [-0.15, -0.1) is 0 Å². The van der Waals surface area contributed by atoms with Crippen LogP contribution in [0.25, 0.3) is 0 Å². The van der Waals surface area contributed by atoms with Gasteiger partial charge >= 0.3 is 10.1 Å². The van der Waals surface area contributed by atoms with E-state index in [-0.39, 0.29) is 35.1 Å². The number of benzene rings is 2. The molecule has 0 aliphatic heterocycles. The molecule has 0 radical (unpaired) electrons. The van der Waals surface area contributed by atoms with Crippen molar-refractivity contribution in [2.24, 2.45) is 5.41 Å². The fourth-order valence-corrected chi connectivity index (χ4v) is 4.18. The van der Waals surface area contributed by atoms with Crippen LogP contribution in [0.2, 0.25) is 0 Å². The lowest BCUT2D eigenvalue weighted by molar-refractivity contribution is -0.134. The van der Waals surface area contributed by atoms with Crippen LogP contribution in [0.3, 0.4) is 0 Å². The Labute approximate surface area is 195 Å². The average molecular weight is 472 g/mol. The predicted octanol–water partition coefficient (Wildman–Crippen LogP) is 5.02. The Morgan fingerprint density at radius 2 is 1.67 bits per heavy atom. The van der Waals surface area contributed by atoms with E-state index in [9.17, 15) is 13.2 Å². The van der Waals surface area contributed by atoms with Crippen LogP contribution in [-0.2, 0) is 28.0 Å². The molecule has 0 saturated heterocycles. The molecule has 8 heteroatoms. The number of furan rings is 1. The first-order valence-corrected chi connectivity index (χ1v) is 11.9. The number of methoxy groups -OCH3 is 1. The number of rotatable bonds is 9. The SMILES string of the molecule is COc1ccc(S(=O)(=O)Oc2ccccc2CN(Cc2ccco2)C(=O)CC(C)(C)C)cc1. The molecule has 1 heterocycles. The number of para-hydroxylation sites is 1. The smallest absolute Gasteiger partial charge is 0.339 e. The van der Waals surface area contributed by atoms with Crippen molar-refractivity contribution in [3.05, 3.63) is 78.3 Å². The third-order valence-electron chi connectivity index (χ3n) is 4.84. The highest BCUT2D eigenvalue weighted by atomic mass is 32.2. The van der Waals surface area contributed by atoms with Crippen LogP contribution in [-0.4, -0.2) is 26.3 Å². The van der Waals surface area contributed by atoms with Crippen molar-refractivity contribution in [3.8, 4) is 11.5 Å². The Balaban J connectivity index is 1.86. The summed E-state index contributed by atoms with van der Waals surface area (Å²) in [5.74, 6) is 1.29. The van der Waals surface area contributed by atoms with Gasteiger partial charge in [0.25, 0.3) is 0 Å². The molecule has 0 unspecified atom stereocenters. The number of ether oxygens (including phenoxy) is 1. The van der Waals surface area contributed by atoms with E-state index in [2.05, 4.69) is 0 Å². The van der Waals surface area contributed by atoms with Gasteiger partial charge in [0.15, 0.2) is 0 Å². The summed E-state index contributed by atoms with van der Waals surface area (Å²) in [6.45, 7) is 6.42. The molecule has 0 aliphatic carbocycles. The second kappa shape index (κ2) is 10.1. The van der Waals surface area contributed by atoms with Gasteiger partial charge in [-0.1, -0.05) is 39.0 Å². The predicted molar refractivity (Wildman–Crippen MR) is 124 cm³/mol. The minimum atomic E-state index is -4.07. The van der Waals surface area contributed by atoms with E-state index in [0.717, 1.165) is 0 Å². The molecule has 0 aliphatic rings. The minimum Gasteiger partial charge on any atom is -0.497 e. The average Bonchev–Trinajstić information content (AvgIpc) is 3.26. The lowest BCUT2D eigenvalue weighted by atomic mass is 9.91. The molecule has 1 amide bonds. The largest absolute Gasteiger partial charge is 0.497 e. The Bertz CT molecular complexity index is 1160. The second-order valence-electron chi connectivity index (χ2n) is 8.89. The molecule has 0 spiro atoms. The summed E-state index contributed by atoms with van der Waals surface area (Å²) >= 11 is 0. The maximum Gasteiger partial charge on any atom is 0.339 e. The molecule has 3 rings (SSSR count). The highest BCUT2D eigenvalue weighted by Crippen LogP contribution is 2.27. The van der Waals surface area contributed by atoms with Crippen LogP contribution < -0.4 is 8.92 Å². The molecular weight excluding hydrogens is 442 g/mol.